The standard InChI is InChI=1S/C15H17NO3S2/c1-3-19-21(17,18)11-7-10-14-12(2)20-15(16-14)13-8-5-4-6-9-13/h4-9,11H,3,10H2,1-2H3/b11-7+. The molecule has 0 radical (unpaired) electrons. The lowest BCUT2D eigenvalue weighted by atomic mass is 10.2. The summed E-state index contributed by atoms with van der Waals surface area (Å²) in [7, 11) is -3.56. The third-order valence-corrected chi connectivity index (χ3v) is 4.92. The lowest BCUT2D eigenvalue weighted by molar-refractivity contribution is 0.344. The largest absolute Gasteiger partial charge is 0.289 e. The molecule has 1 heterocycles. The van der Waals surface area contributed by atoms with Gasteiger partial charge in [-0.05, 0) is 13.8 Å². The molecule has 0 saturated heterocycles. The first-order valence-electron chi connectivity index (χ1n) is 6.59. The summed E-state index contributed by atoms with van der Waals surface area (Å²) in [6.07, 6.45) is 2.04. The van der Waals surface area contributed by atoms with Crippen molar-refractivity contribution in [2.75, 3.05) is 6.61 Å². The van der Waals surface area contributed by atoms with E-state index in [2.05, 4.69) is 9.17 Å². The Labute approximate surface area is 129 Å². The van der Waals surface area contributed by atoms with E-state index in [-0.39, 0.29) is 6.61 Å². The fraction of sp³-hybridized carbons (Fsp3) is 0.267. The first-order valence-corrected chi connectivity index (χ1v) is 8.88. The van der Waals surface area contributed by atoms with Crippen molar-refractivity contribution in [2.45, 2.75) is 20.3 Å². The quantitative estimate of drug-likeness (QED) is 0.763. The van der Waals surface area contributed by atoms with Crippen molar-refractivity contribution in [3.8, 4) is 10.6 Å². The van der Waals surface area contributed by atoms with E-state index in [0.717, 1.165) is 26.6 Å². The van der Waals surface area contributed by atoms with Crippen LogP contribution in [0.5, 0.6) is 0 Å². The zero-order valence-corrected chi connectivity index (χ0v) is 13.6. The molecule has 0 aliphatic rings. The van der Waals surface area contributed by atoms with Crippen LogP contribution < -0.4 is 0 Å². The fourth-order valence-corrected chi connectivity index (χ4v) is 3.49. The molecule has 0 spiro atoms. The van der Waals surface area contributed by atoms with Crippen LogP contribution in [0.15, 0.2) is 41.8 Å². The predicted molar refractivity (Wildman–Crippen MR) is 85.7 cm³/mol. The monoisotopic (exact) mass is 323 g/mol. The van der Waals surface area contributed by atoms with Crippen LogP contribution in [0, 0.1) is 6.92 Å². The minimum atomic E-state index is -3.56. The topological polar surface area (TPSA) is 56.3 Å². The van der Waals surface area contributed by atoms with E-state index >= 15 is 0 Å². The summed E-state index contributed by atoms with van der Waals surface area (Å²) >= 11 is 1.61. The van der Waals surface area contributed by atoms with E-state index in [4.69, 9.17) is 0 Å². The Bertz CT molecular complexity index is 719. The second-order valence-electron chi connectivity index (χ2n) is 4.36. The number of benzene rings is 1. The summed E-state index contributed by atoms with van der Waals surface area (Å²) in [5.74, 6) is 0. The molecular weight excluding hydrogens is 306 g/mol. The van der Waals surface area contributed by atoms with Gasteiger partial charge in [-0.15, -0.1) is 11.3 Å². The van der Waals surface area contributed by atoms with Crippen molar-refractivity contribution < 1.29 is 12.6 Å². The van der Waals surface area contributed by atoms with E-state index in [9.17, 15) is 8.42 Å². The molecule has 0 aliphatic carbocycles. The second kappa shape index (κ2) is 6.98. The van der Waals surface area contributed by atoms with Gasteiger partial charge in [-0.2, -0.15) is 8.42 Å². The highest BCUT2D eigenvalue weighted by molar-refractivity contribution is 7.89. The molecule has 112 valence electrons. The smallest absolute Gasteiger partial charge is 0.267 e. The van der Waals surface area contributed by atoms with Gasteiger partial charge < -0.3 is 0 Å². The molecule has 2 aromatic rings. The summed E-state index contributed by atoms with van der Waals surface area (Å²) in [5, 5.41) is 2.04. The van der Waals surface area contributed by atoms with Crippen LogP contribution in [0.2, 0.25) is 0 Å². The molecule has 21 heavy (non-hydrogen) atoms. The van der Waals surface area contributed by atoms with Gasteiger partial charge >= 0.3 is 0 Å². The van der Waals surface area contributed by atoms with Crippen LogP contribution in [-0.2, 0) is 20.7 Å². The van der Waals surface area contributed by atoms with Crippen molar-refractivity contribution in [3.63, 3.8) is 0 Å². The number of allylic oxidation sites excluding steroid dienone is 1. The van der Waals surface area contributed by atoms with Gasteiger partial charge in [-0.25, -0.2) is 4.98 Å². The van der Waals surface area contributed by atoms with E-state index in [1.54, 1.807) is 24.3 Å². The number of hydrogen-bond donors (Lipinski definition) is 0. The summed E-state index contributed by atoms with van der Waals surface area (Å²) in [5.41, 5.74) is 1.96. The lowest BCUT2D eigenvalue weighted by Crippen LogP contribution is -2.00. The van der Waals surface area contributed by atoms with Gasteiger partial charge in [0.05, 0.1) is 17.7 Å². The average molecular weight is 323 g/mol. The first kappa shape index (κ1) is 15.9. The Balaban J connectivity index is 2.12. The molecule has 6 heteroatoms. The molecule has 0 saturated carbocycles. The fourth-order valence-electron chi connectivity index (χ4n) is 1.80. The van der Waals surface area contributed by atoms with E-state index < -0.39 is 10.1 Å². The molecule has 1 aromatic heterocycles. The highest BCUT2D eigenvalue weighted by Crippen LogP contribution is 2.27. The van der Waals surface area contributed by atoms with E-state index in [1.807, 2.05) is 37.3 Å². The number of thiazole rings is 1. The minimum absolute atomic E-state index is 0.139. The Hall–Kier alpha value is -1.50. The van der Waals surface area contributed by atoms with Crippen molar-refractivity contribution in [3.05, 3.63) is 52.4 Å². The first-order chi connectivity index (χ1) is 10.0. The predicted octanol–water partition coefficient (Wildman–Crippen LogP) is 3.54. The number of aromatic nitrogens is 1. The second-order valence-corrected chi connectivity index (χ2v) is 7.06. The van der Waals surface area contributed by atoms with Gasteiger partial charge in [-0.3, -0.25) is 4.18 Å². The molecule has 0 bridgehead atoms. The van der Waals surface area contributed by atoms with Crippen LogP contribution in [-0.4, -0.2) is 20.0 Å². The summed E-state index contributed by atoms with van der Waals surface area (Å²) < 4.78 is 27.5. The maximum Gasteiger partial charge on any atom is 0.289 e. The van der Waals surface area contributed by atoms with Crippen LogP contribution in [0.4, 0.5) is 0 Å². The van der Waals surface area contributed by atoms with Crippen LogP contribution >= 0.6 is 11.3 Å². The van der Waals surface area contributed by atoms with Crippen LogP contribution in [0.3, 0.4) is 0 Å². The molecule has 2 rings (SSSR count). The number of rotatable bonds is 6. The minimum Gasteiger partial charge on any atom is -0.267 e. The van der Waals surface area contributed by atoms with Crippen molar-refractivity contribution >= 4 is 21.5 Å². The maximum atomic E-state index is 11.4. The Morgan fingerprint density at radius 3 is 2.67 bits per heavy atom. The highest BCUT2D eigenvalue weighted by Gasteiger charge is 2.09. The van der Waals surface area contributed by atoms with Crippen LogP contribution in [0.25, 0.3) is 10.6 Å². The zero-order chi connectivity index (χ0) is 15.3. The molecule has 0 amide bonds. The molecule has 0 N–H and O–H groups in total. The van der Waals surface area contributed by atoms with Gasteiger partial charge in [0.25, 0.3) is 10.1 Å². The number of aryl methyl sites for hydroxylation is 1. The average Bonchev–Trinajstić information content (AvgIpc) is 2.81. The van der Waals surface area contributed by atoms with Crippen molar-refractivity contribution in [1.29, 1.82) is 0 Å². The molecule has 0 aliphatic heterocycles. The van der Waals surface area contributed by atoms with Gasteiger partial charge in [0.2, 0.25) is 0 Å². The Morgan fingerprint density at radius 2 is 2.00 bits per heavy atom. The highest BCUT2D eigenvalue weighted by atomic mass is 32.2. The van der Waals surface area contributed by atoms with Crippen molar-refractivity contribution in [1.82, 2.24) is 4.98 Å². The van der Waals surface area contributed by atoms with Gasteiger partial charge in [-0.1, -0.05) is 36.4 Å². The zero-order valence-electron chi connectivity index (χ0n) is 11.9. The van der Waals surface area contributed by atoms with E-state index in [1.165, 1.54) is 0 Å². The molecule has 0 unspecified atom stereocenters. The molecule has 1 aromatic carbocycles. The third-order valence-electron chi connectivity index (χ3n) is 2.77. The molecule has 0 fully saturated rings. The summed E-state index contributed by atoms with van der Waals surface area (Å²) in [6.45, 7) is 3.77. The van der Waals surface area contributed by atoms with Crippen LogP contribution in [0.1, 0.15) is 17.5 Å². The summed E-state index contributed by atoms with van der Waals surface area (Å²) in [4.78, 5) is 5.67. The number of nitrogens with zero attached hydrogens (tertiary/aromatic N) is 1. The van der Waals surface area contributed by atoms with Gasteiger partial charge in [0, 0.05) is 16.9 Å². The van der Waals surface area contributed by atoms with Gasteiger partial charge in [0.1, 0.15) is 5.01 Å². The molecule has 4 nitrogen and oxygen atoms in total. The third kappa shape index (κ3) is 4.49. The van der Waals surface area contributed by atoms with E-state index in [0.29, 0.717) is 6.42 Å². The Morgan fingerprint density at radius 1 is 1.29 bits per heavy atom. The van der Waals surface area contributed by atoms with Gasteiger partial charge in [0.15, 0.2) is 0 Å². The maximum absolute atomic E-state index is 11.4. The SMILES string of the molecule is CCOS(=O)(=O)/C=C/Cc1nc(-c2ccccc2)sc1C. The summed E-state index contributed by atoms with van der Waals surface area (Å²) in [6, 6.07) is 9.93. The molecule has 0 atom stereocenters. The lowest BCUT2D eigenvalue weighted by Gasteiger charge is -1.96. The Kier molecular flexibility index (Phi) is 5.27. The normalized spacial score (nSPS) is 12.1. The number of hydrogen-bond acceptors (Lipinski definition) is 5. The molecular formula is C15H17NO3S2. The van der Waals surface area contributed by atoms with Crippen molar-refractivity contribution in [2.24, 2.45) is 0 Å².